The molecule has 0 saturated carbocycles. The molecule has 5 nitrogen and oxygen atoms in total. The van der Waals surface area contributed by atoms with Crippen molar-refractivity contribution in [2.45, 2.75) is 53.0 Å². The van der Waals surface area contributed by atoms with Gasteiger partial charge in [0.15, 0.2) is 5.78 Å². The first-order chi connectivity index (χ1) is 18.8. The number of carbonyl (C=O) groups is 1. The van der Waals surface area contributed by atoms with Crippen LogP contribution in [0.25, 0.3) is 5.69 Å². The average molecular weight is 517 g/mol. The molecule has 5 heteroatoms. The maximum absolute atomic E-state index is 13.7. The number of hydrogen-bond donors (Lipinski definition) is 1. The Morgan fingerprint density at radius 2 is 1.62 bits per heavy atom. The third-order valence-corrected chi connectivity index (χ3v) is 8.06. The van der Waals surface area contributed by atoms with Crippen molar-refractivity contribution in [3.8, 4) is 5.69 Å². The molecule has 0 amide bonds. The van der Waals surface area contributed by atoms with Gasteiger partial charge in [0.05, 0.1) is 11.4 Å². The van der Waals surface area contributed by atoms with Gasteiger partial charge in [0, 0.05) is 47.9 Å². The number of fused-ring (bicyclic) bond motifs is 1. The number of aromatic nitrogens is 2. The molecular weight excluding hydrogens is 480 g/mol. The fourth-order valence-corrected chi connectivity index (χ4v) is 6.23. The number of benzene rings is 3. The average Bonchev–Trinajstić information content (AvgIpc) is 3.27. The van der Waals surface area contributed by atoms with Crippen molar-refractivity contribution < 1.29 is 4.79 Å². The Bertz CT molecular complexity index is 1530. The summed E-state index contributed by atoms with van der Waals surface area (Å²) in [5.74, 6) is 1.06. The number of anilines is 2. The molecule has 1 unspecified atom stereocenters. The first-order valence-corrected chi connectivity index (χ1v) is 13.9. The van der Waals surface area contributed by atoms with Gasteiger partial charge >= 0.3 is 0 Å². The molecule has 2 aliphatic rings. The fourth-order valence-electron chi connectivity index (χ4n) is 6.23. The van der Waals surface area contributed by atoms with Crippen LogP contribution in [0.3, 0.4) is 0 Å². The first kappa shape index (κ1) is 25.2. The number of ketones is 1. The van der Waals surface area contributed by atoms with E-state index in [0.29, 0.717) is 6.42 Å². The van der Waals surface area contributed by atoms with E-state index in [4.69, 9.17) is 5.10 Å². The summed E-state index contributed by atoms with van der Waals surface area (Å²) in [7, 11) is 0. The molecule has 0 spiro atoms. The largest absolute Gasteiger partial charge is 0.367 e. The van der Waals surface area contributed by atoms with Crippen LogP contribution in [-0.2, 0) is 11.3 Å². The van der Waals surface area contributed by atoms with Crippen LogP contribution in [-0.4, -0.2) is 22.1 Å². The zero-order valence-electron chi connectivity index (χ0n) is 23.2. The van der Waals surface area contributed by atoms with Crippen LogP contribution in [0.5, 0.6) is 0 Å². The molecular formula is C34H36N4O. The number of para-hydroxylation sites is 1. The molecule has 0 radical (unpaired) electrons. The summed E-state index contributed by atoms with van der Waals surface area (Å²) in [5.41, 5.74) is 8.51. The molecule has 3 aromatic carbocycles. The minimum Gasteiger partial charge on any atom is -0.367 e. The summed E-state index contributed by atoms with van der Waals surface area (Å²) >= 11 is 0. The summed E-state index contributed by atoms with van der Waals surface area (Å²) in [5, 5.41) is 8.66. The second-order valence-corrected chi connectivity index (χ2v) is 11.6. The van der Waals surface area contributed by atoms with Gasteiger partial charge in [0.25, 0.3) is 0 Å². The van der Waals surface area contributed by atoms with Crippen molar-refractivity contribution in [2.75, 3.05) is 16.8 Å². The predicted octanol–water partition coefficient (Wildman–Crippen LogP) is 7.41. The summed E-state index contributed by atoms with van der Waals surface area (Å²) in [4.78, 5) is 16.1. The second kappa shape index (κ2) is 9.88. The highest BCUT2D eigenvalue weighted by Gasteiger charge is 2.43. The Hall–Kier alpha value is -4.12. The summed E-state index contributed by atoms with van der Waals surface area (Å²) in [6, 6.07) is 29.6. The molecule has 1 aliphatic heterocycles. The topological polar surface area (TPSA) is 50.2 Å². The second-order valence-electron chi connectivity index (χ2n) is 11.6. The monoisotopic (exact) mass is 516 g/mol. The predicted molar refractivity (Wildman–Crippen MR) is 158 cm³/mol. The van der Waals surface area contributed by atoms with Crippen LogP contribution in [0, 0.1) is 12.3 Å². The van der Waals surface area contributed by atoms with E-state index in [-0.39, 0.29) is 17.1 Å². The van der Waals surface area contributed by atoms with E-state index in [1.165, 1.54) is 11.3 Å². The van der Waals surface area contributed by atoms with Crippen molar-refractivity contribution in [2.24, 2.45) is 5.41 Å². The number of hydrogen-bond acceptors (Lipinski definition) is 4. The van der Waals surface area contributed by atoms with Gasteiger partial charge in [-0.05, 0) is 61.1 Å². The summed E-state index contributed by atoms with van der Waals surface area (Å²) < 4.78 is 2.00. The molecule has 1 aromatic heterocycles. The van der Waals surface area contributed by atoms with Crippen molar-refractivity contribution in [1.29, 1.82) is 0 Å². The van der Waals surface area contributed by atoms with Gasteiger partial charge in [-0.25, -0.2) is 4.68 Å². The SMILES string of the molecule is CCN(Cc1ccccc1)c1ccc(C2C3=C(CC(C)(C)CC3=O)Nc3c2c(C)nn3-c2ccccc2)cc1. The molecule has 0 fully saturated rings. The van der Waals surface area contributed by atoms with Crippen molar-refractivity contribution in [3.63, 3.8) is 0 Å². The first-order valence-electron chi connectivity index (χ1n) is 13.9. The van der Waals surface area contributed by atoms with Crippen LogP contribution in [0.15, 0.2) is 96.2 Å². The Morgan fingerprint density at radius 1 is 0.949 bits per heavy atom. The number of nitrogens with zero attached hydrogens (tertiary/aromatic N) is 3. The normalized spacial score (nSPS) is 17.8. The number of allylic oxidation sites excluding steroid dienone is 2. The Morgan fingerprint density at radius 3 is 2.28 bits per heavy atom. The number of aryl methyl sites for hydroxylation is 1. The van der Waals surface area contributed by atoms with Crippen LogP contribution in [0.1, 0.15) is 61.9 Å². The minimum atomic E-state index is -0.143. The van der Waals surface area contributed by atoms with Gasteiger partial charge in [0.2, 0.25) is 0 Å². The number of Topliss-reactive ketones (excluding diaryl/α,β-unsaturated/α-hetero) is 1. The third-order valence-electron chi connectivity index (χ3n) is 8.06. The van der Waals surface area contributed by atoms with Crippen molar-refractivity contribution >= 4 is 17.3 Å². The molecule has 1 atom stereocenters. The fraction of sp³-hybridized carbons (Fsp3) is 0.294. The van der Waals surface area contributed by atoms with Gasteiger partial charge in [-0.3, -0.25) is 4.79 Å². The van der Waals surface area contributed by atoms with Gasteiger partial charge < -0.3 is 10.2 Å². The molecule has 1 aliphatic carbocycles. The van der Waals surface area contributed by atoms with Crippen LogP contribution >= 0.6 is 0 Å². The molecule has 0 saturated heterocycles. The quantitative estimate of drug-likeness (QED) is 0.290. The van der Waals surface area contributed by atoms with Crippen LogP contribution < -0.4 is 10.2 Å². The standard InChI is InChI=1S/C34H36N4O/c1-5-37(22-24-12-8-6-9-13-24)26-18-16-25(17-19-26)31-30-23(2)36-38(27-14-10-7-11-15-27)33(30)35-28-20-34(3,4)21-29(39)32(28)31/h6-19,31,35H,5,20-22H2,1-4H3. The molecule has 6 rings (SSSR count). The van der Waals surface area contributed by atoms with E-state index in [1.807, 2.05) is 22.9 Å². The lowest BCUT2D eigenvalue weighted by Gasteiger charge is -2.38. The van der Waals surface area contributed by atoms with E-state index in [0.717, 1.165) is 59.1 Å². The Labute approximate surface area is 231 Å². The molecule has 2 heterocycles. The smallest absolute Gasteiger partial charge is 0.162 e. The Kier molecular flexibility index (Phi) is 6.38. The lowest BCUT2D eigenvalue weighted by Crippen LogP contribution is -2.34. The highest BCUT2D eigenvalue weighted by atomic mass is 16.1. The highest BCUT2D eigenvalue weighted by molar-refractivity contribution is 6.01. The maximum Gasteiger partial charge on any atom is 0.162 e. The number of carbonyl (C=O) groups excluding carboxylic acids is 1. The summed E-state index contributed by atoms with van der Waals surface area (Å²) in [6.45, 7) is 10.4. The van der Waals surface area contributed by atoms with Gasteiger partial charge in [-0.2, -0.15) is 5.10 Å². The van der Waals surface area contributed by atoms with E-state index < -0.39 is 0 Å². The van der Waals surface area contributed by atoms with E-state index in [2.05, 4.69) is 105 Å². The number of rotatable bonds is 6. The van der Waals surface area contributed by atoms with Crippen LogP contribution in [0.2, 0.25) is 0 Å². The van der Waals surface area contributed by atoms with Gasteiger partial charge in [0.1, 0.15) is 5.82 Å². The number of nitrogens with one attached hydrogen (secondary N) is 1. The minimum absolute atomic E-state index is 0.0828. The van der Waals surface area contributed by atoms with Crippen molar-refractivity contribution in [1.82, 2.24) is 9.78 Å². The molecule has 198 valence electrons. The van der Waals surface area contributed by atoms with E-state index in [1.54, 1.807) is 0 Å². The van der Waals surface area contributed by atoms with E-state index in [9.17, 15) is 4.79 Å². The molecule has 0 bridgehead atoms. The van der Waals surface area contributed by atoms with E-state index >= 15 is 0 Å². The highest BCUT2D eigenvalue weighted by Crippen LogP contribution is 2.50. The summed E-state index contributed by atoms with van der Waals surface area (Å²) in [6.07, 6.45) is 1.39. The Balaban J connectivity index is 1.44. The van der Waals surface area contributed by atoms with Crippen LogP contribution in [0.4, 0.5) is 11.5 Å². The zero-order valence-corrected chi connectivity index (χ0v) is 23.2. The van der Waals surface area contributed by atoms with Gasteiger partial charge in [-0.15, -0.1) is 0 Å². The zero-order chi connectivity index (χ0) is 27.1. The molecule has 4 aromatic rings. The van der Waals surface area contributed by atoms with Gasteiger partial charge in [-0.1, -0.05) is 74.5 Å². The molecule has 39 heavy (non-hydrogen) atoms. The third kappa shape index (κ3) is 4.67. The maximum atomic E-state index is 13.7. The lowest BCUT2D eigenvalue weighted by atomic mass is 9.69. The van der Waals surface area contributed by atoms with Crippen molar-refractivity contribution in [3.05, 3.63) is 119 Å². The molecule has 1 N–H and O–H groups in total. The lowest BCUT2D eigenvalue weighted by molar-refractivity contribution is -0.118.